The van der Waals surface area contributed by atoms with Gasteiger partial charge in [0.15, 0.2) is 0 Å². The molecule has 1 saturated heterocycles. The smallest absolute Gasteiger partial charge is 0.243 e. The maximum atomic E-state index is 13.1. The number of thioether (sulfide) groups is 1. The lowest BCUT2D eigenvalue weighted by atomic mass is 9.85. The van der Waals surface area contributed by atoms with E-state index in [4.69, 9.17) is 0 Å². The van der Waals surface area contributed by atoms with Crippen molar-refractivity contribution in [1.29, 1.82) is 0 Å². The lowest BCUT2D eigenvalue weighted by molar-refractivity contribution is -0.148. The van der Waals surface area contributed by atoms with Crippen LogP contribution in [0.25, 0.3) is 0 Å². The molecule has 1 aromatic carbocycles. The first-order valence-corrected chi connectivity index (χ1v) is 10.9. The Morgan fingerprint density at radius 2 is 1.78 bits per heavy atom. The molecule has 4 rings (SSSR count). The maximum absolute atomic E-state index is 13.1. The monoisotopic (exact) mass is 384 g/mol. The van der Waals surface area contributed by atoms with Gasteiger partial charge in [-0.3, -0.25) is 19.3 Å². The standard InChI is InChI=1S/C21H24N2O3S/c1-27-10-9-16(19(24)22-12-13-5-3-2-4-6-13)23-20(25)17-14-7-8-15(11-14)18(17)21(23)26/h2-8,14-18H,9-12H2,1H3,(H,22,24). The van der Waals surface area contributed by atoms with E-state index >= 15 is 0 Å². The summed E-state index contributed by atoms with van der Waals surface area (Å²) in [6, 6.07) is 8.93. The Balaban J connectivity index is 1.51. The van der Waals surface area contributed by atoms with Gasteiger partial charge in [0.05, 0.1) is 11.8 Å². The number of carbonyl (C=O) groups excluding carboxylic acids is 3. The number of nitrogens with one attached hydrogen (secondary N) is 1. The summed E-state index contributed by atoms with van der Waals surface area (Å²) in [5, 5.41) is 2.92. The predicted molar refractivity (Wildman–Crippen MR) is 105 cm³/mol. The lowest BCUT2D eigenvalue weighted by Gasteiger charge is -2.27. The minimum Gasteiger partial charge on any atom is -0.350 e. The molecule has 2 aliphatic carbocycles. The van der Waals surface area contributed by atoms with Crippen LogP contribution in [0.4, 0.5) is 0 Å². The van der Waals surface area contributed by atoms with Crippen LogP contribution < -0.4 is 5.32 Å². The Morgan fingerprint density at radius 3 is 2.37 bits per heavy atom. The fraction of sp³-hybridized carbons (Fsp3) is 0.476. The fourth-order valence-corrected chi connectivity index (χ4v) is 5.20. The second-order valence-electron chi connectivity index (χ2n) is 7.55. The molecule has 1 saturated carbocycles. The van der Waals surface area contributed by atoms with Crippen LogP contribution in [0.5, 0.6) is 0 Å². The van der Waals surface area contributed by atoms with E-state index in [9.17, 15) is 14.4 Å². The van der Waals surface area contributed by atoms with Crippen LogP contribution in [0.2, 0.25) is 0 Å². The van der Waals surface area contributed by atoms with Gasteiger partial charge in [0.25, 0.3) is 0 Å². The molecule has 0 spiro atoms. The molecule has 3 amide bonds. The zero-order valence-electron chi connectivity index (χ0n) is 15.3. The maximum Gasteiger partial charge on any atom is 0.243 e. The summed E-state index contributed by atoms with van der Waals surface area (Å²) in [6.07, 6.45) is 7.50. The molecular formula is C21H24N2O3S. The van der Waals surface area contributed by atoms with E-state index in [1.165, 1.54) is 4.90 Å². The highest BCUT2D eigenvalue weighted by Gasteiger charge is 2.60. The van der Waals surface area contributed by atoms with Crippen LogP contribution in [0, 0.1) is 23.7 Å². The molecular weight excluding hydrogens is 360 g/mol. The van der Waals surface area contributed by atoms with E-state index < -0.39 is 6.04 Å². The molecule has 0 radical (unpaired) electrons. The van der Waals surface area contributed by atoms with Gasteiger partial charge in [0, 0.05) is 6.54 Å². The number of carbonyl (C=O) groups is 3. The van der Waals surface area contributed by atoms with Crippen molar-refractivity contribution in [3.8, 4) is 0 Å². The number of nitrogens with zero attached hydrogens (tertiary/aromatic N) is 1. The predicted octanol–water partition coefficient (Wildman–Crippen LogP) is 2.23. The van der Waals surface area contributed by atoms with Crippen molar-refractivity contribution in [2.75, 3.05) is 12.0 Å². The number of likely N-dealkylation sites (tertiary alicyclic amines) is 1. The highest BCUT2D eigenvalue weighted by Crippen LogP contribution is 2.53. The number of imide groups is 1. The molecule has 142 valence electrons. The van der Waals surface area contributed by atoms with Gasteiger partial charge in [-0.1, -0.05) is 42.5 Å². The number of hydrogen-bond acceptors (Lipinski definition) is 4. The lowest BCUT2D eigenvalue weighted by Crippen LogP contribution is -2.50. The van der Waals surface area contributed by atoms with Gasteiger partial charge >= 0.3 is 0 Å². The highest BCUT2D eigenvalue weighted by molar-refractivity contribution is 7.98. The van der Waals surface area contributed by atoms with E-state index in [-0.39, 0.29) is 41.4 Å². The highest BCUT2D eigenvalue weighted by atomic mass is 32.2. The quantitative estimate of drug-likeness (QED) is 0.578. The summed E-state index contributed by atoms with van der Waals surface area (Å²) in [7, 11) is 0. The number of hydrogen-bond donors (Lipinski definition) is 1. The molecule has 6 heteroatoms. The van der Waals surface area contributed by atoms with E-state index in [0.717, 1.165) is 17.7 Å². The van der Waals surface area contributed by atoms with Crippen molar-refractivity contribution in [3.05, 3.63) is 48.0 Å². The summed E-state index contributed by atoms with van der Waals surface area (Å²) >= 11 is 1.62. The minimum absolute atomic E-state index is 0.150. The van der Waals surface area contributed by atoms with Crippen molar-refractivity contribution in [3.63, 3.8) is 0 Å². The van der Waals surface area contributed by atoms with Crippen molar-refractivity contribution in [2.24, 2.45) is 23.7 Å². The van der Waals surface area contributed by atoms with Crippen molar-refractivity contribution < 1.29 is 14.4 Å². The summed E-state index contributed by atoms with van der Waals surface area (Å²) in [5.41, 5.74) is 0.993. The van der Waals surface area contributed by atoms with Gasteiger partial charge < -0.3 is 5.32 Å². The fourth-order valence-electron chi connectivity index (χ4n) is 4.74. The molecule has 5 atom stereocenters. The average molecular weight is 385 g/mol. The zero-order chi connectivity index (χ0) is 19.0. The van der Waals surface area contributed by atoms with E-state index in [0.29, 0.717) is 13.0 Å². The molecule has 0 aromatic heterocycles. The second-order valence-corrected chi connectivity index (χ2v) is 8.53. The Kier molecular flexibility index (Phi) is 5.08. The van der Waals surface area contributed by atoms with Gasteiger partial charge in [-0.15, -0.1) is 0 Å². The van der Waals surface area contributed by atoms with Crippen LogP contribution in [-0.4, -0.2) is 40.7 Å². The summed E-state index contributed by atoms with van der Waals surface area (Å²) in [5.74, 6) is -0.0102. The normalized spacial score (nSPS) is 29.3. The topological polar surface area (TPSA) is 66.5 Å². The number of fused-ring (bicyclic) bond motifs is 5. The summed E-state index contributed by atoms with van der Waals surface area (Å²) in [6.45, 7) is 0.394. The number of amides is 3. The number of benzene rings is 1. The molecule has 1 N–H and O–H groups in total. The third-order valence-corrected chi connectivity index (χ3v) is 6.67. The third kappa shape index (κ3) is 3.20. The Bertz CT molecular complexity index is 749. The van der Waals surface area contributed by atoms with Crippen molar-refractivity contribution in [1.82, 2.24) is 10.2 Å². The minimum atomic E-state index is -0.717. The molecule has 27 heavy (non-hydrogen) atoms. The Morgan fingerprint density at radius 1 is 1.15 bits per heavy atom. The van der Waals surface area contributed by atoms with Gasteiger partial charge in [-0.2, -0.15) is 11.8 Å². The van der Waals surface area contributed by atoms with Crippen LogP contribution in [0.3, 0.4) is 0 Å². The Labute approximate surface area is 163 Å². The summed E-state index contributed by atoms with van der Waals surface area (Å²) < 4.78 is 0. The largest absolute Gasteiger partial charge is 0.350 e. The number of allylic oxidation sites excluding steroid dienone is 2. The van der Waals surface area contributed by atoms with Crippen LogP contribution in [-0.2, 0) is 20.9 Å². The van der Waals surface area contributed by atoms with Crippen LogP contribution >= 0.6 is 11.8 Å². The van der Waals surface area contributed by atoms with Gasteiger partial charge in [0.1, 0.15) is 6.04 Å². The van der Waals surface area contributed by atoms with Gasteiger partial charge in [0.2, 0.25) is 17.7 Å². The SMILES string of the molecule is CSCCC(C(=O)NCc1ccccc1)N1C(=O)C2C3C=CC(C3)C2C1=O. The van der Waals surface area contributed by atoms with Crippen LogP contribution in [0.15, 0.2) is 42.5 Å². The number of rotatable bonds is 7. The van der Waals surface area contributed by atoms with E-state index in [1.807, 2.05) is 36.6 Å². The molecule has 2 fully saturated rings. The molecule has 2 bridgehead atoms. The first kappa shape index (κ1) is 18.3. The molecule has 5 unspecified atom stereocenters. The molecule has 5 nitrogen and oxygen atoms in total. The average Bonchev–Trinajstić information content (AvgIpc) is 3.36. The second kappa shape index (κ2) is 7.50. The molecule has 1 aromatic rings. The summed E-state index contributed by atoms with van der Waals surface area (Å²) in [4.78, 5) is 40.3. The first-order valence-electron chi connectivity index (χ1n) is 9.47. The van der Waals surface area contributed by atoms with Crippen molar-refractivity contribution in [2.45, 2.75) is 25.4 Å². The molecule has 3 aliphatic rings. The van der Waals surface area contributed by atoms with Gasteiger partial charge in [-0.25, -0.2) is 0 Å². The Hall–Kier alpha value is -2.08. The zero-order valence-corrected chi connectivity index (χ0v) is 16.2. The third-order valence-electron chi connectivity index (χ3n) is 6.02. The molecule has 1 aliphatic heterocycles. The van der Waals surface area contributed by atoms with Crippen LogP contribution in [0.1, 0.15) is 18.4 Å². The van der Waals surface area contributed by atoms with Crippen molar-refractivity contribution >= 4 is 29.5 Å². The first-order chi connectivity index (χ1) is 13.1. The van der Waals surface area contributed by atoms with Gasteiger partial charge in [-0.05, 0) is 42.2 Å². The van der Waals surface area contributed by atoms with E-state index in [2.05, 4.69) is 17.5 Å². The molecule has 1 heterocycles. The van der Waals surface area contributed by atoms with E-state index in [1.54, 1.807) is 11.8 Å².